The van der Waals surface area contributed by atoms with Crippen molar-refractivity contribution < 1.29 is 14.0 Å². The molecule has 17 heavy (non-hydrogen) atoms. The van der Waals surface area contributed by atoms with Crippen molar-refractivity contribution in [3.63, 3.8) is 0 Å². The summed E-state index contributed by atoms with van der Waals surface area (Å²) in [7, 11) is 0. The van der Waals surface area contributed by atoms with Gasteiger partial charge in [0.25, 0.3) is 5.91 Å². The molecule has 0 saturated heterocycles. The Kier molecular flexibility index (Phi) is 3.28. The van der Waals surface area contributed by atoms with Crippen LogP contribution in [0.1, 0.15) is 23.2 Å². The molecule has 2 rings (SSSR count). The Bertz CT molecular complexity index is 475. The maximum Gasteiger partial charge on any atom is 0.321 e. The highest BCUT2D eigenvalue weighted by Gasteiger charge is 2.24. The summed E-state index contributed by atoms with van der Waals surface area (Å²) in [5.74, 6) is -1.21. The summed E-state index contributed by atoms with van der Waals surface area (Å²) in [4.78, 5) is 22.8. The third-order valence-electron chi connectivity index (χ3n) is 2.32. The number of amides is 3. The highest BCUT2D eigenvalue weighted by atomic mass is 35.5. The van der Waals surface area contributed by atoms with Gasteiger partial charge in [0.15, 0.2) is 0 Å². The second-order valence-corrected chi connectivity index (χ2v) is 4.24. The first kappa shape index (κ1) is 11.9. The number of benzene rings is 1. The molecular weight excluding hydrogens is 247 g/mol. The van der Waals surface area contributed by atoms with E-state index in [2.05, 4.69) is 10.6 Å². The summed E-state index contributed by atoms with van der Waals surface area (Å²) in [6.07, 6.45) is 1.87. The van der Waals surface area contributed by atoms with Gasteiger partial charge in [-0.3, -0.25) is 10.1 Å². The van der Waals surface area contributed by atoms with Crippen molar-refractivity contribution in [1.82, 2.24) is 10.6 Å². The van der Waals surface area contributed by atoms with Crippen molar-refractivity contribution in [3.05, 3.63) is 34.6 Å². The number of imide groups is 1. The van der Waals surface area contributed by atoms with Gasteiger partial charge >= 0.3 is 6.03 Å². The SMILES string of the molecule is O=C(NC(=O)c1ccc(F)c(Cl)c1)NC1CC1. The third kappa shape index (κ3) is 3.17. The van der Waals surface area contributed by atoms with Crippen molar-refractivity contribution in [1.29, 1.82) is 0 Å². The van der Waals surface area contributed by atoms with Crippen LogP contribution in [0.3, 0.4) is 0 Å². The van der Waals surface area contributed by atoms with E-state index in [0.29, 0.717) is 0 Å². The van der Waals surface area contributed by atoms with Crippen LogP contribution in [-0.2, 0) is 0 Å². The molecule has 1 aliphatic carbocycles. The molecule has 0 unspecified atom stereocenters. The van der Waals surface area contributed by atoms with Crippen LogP contribution in [0.2, 0.25) is 5.02 Å². The Morgan fingerprint density at radius 1 is 1.35 bits per heavy atom. The molecule has 0 radical (unpaired) electrons. The second-order valence-electron chi connectivity index (χ2n) is 3.83. The fourth-order valence-electron chi connectivity index (χ4n) is 1.26. The average molecular weight is 257 g/mol. The summed E-state index contributed by atoms with van der Waals surface area (Å²) < 4.78 is 12.9. The first-order chi connectivity index (χ1) is 8.06. The topological polar surface area (TPSA) is 58.2 Å². The Hall–Kier alpha value is -1.62. The van der Waals surface area contributed by atoms with Crippen LogP contribution >= 0.6 is 11.6 Å². The number of hydrogen-bond donors (Lipinski definition) is 2. The molecule has 1 aromatic rings. The zero-order chi connectivity index (χ0) is 12.4. The van der Waals surface area contributed by atoms with Crippen LogP contribution in [0.15, 0.2) is 18.2 Å². The van der Waals surface area contributed by atoms with E-state index in [4.69, 9.17) is 11.6 Å². The lowest BCUT2D eigenvalue weighted by Gasteiger charge is -2.05. The van der Waals surface area contributed by atoms with E-state index in [9.17, 15) is 14.0 Å². The summed E-state index contributed by atoms with van der Waals surface area (Å²) in [5, 5.41) is 4.59. The Morgan fingerprint density at radius 3 is 2.65 bits per heavy atom. The molecule has 0 bridgehead atoms. The van der Waals surface area contributed by atoms with Gasteiger partial charge in [0.2, 0.25) is 0 Å². The van der Waals surface area contributed by atoms with E-state index in [1.165, 1.54) is 12.1 Å². The molecule has 0 aromatic heterocycles. The molecule has 4 nitrogen and oxygen atoms in total. The fraction of sp³-hybridized carbons (Fsp3) is 0.273. The molecule has 1 aromatic carbocycles. The third-order valence-corrected chi connectivity index (χ3v) is 2.61. The zero-order valence-corrected chi connectivity index (χ0v) is 9.55. The van der Waals surface area contributed by atoms with Gasteiger partial charge in [-0.25, -0.2) is 9.18 Å². The van der Waals surface area contributed by atoms with Gasteiger partial charge < -0.3 is 5.32 Å². The number of carbonyl (C=O) groups is 2. The van der Waals surface area contributed by atoms with Crippen LogP contribution in [0.4, 0.5) is 9.18 Å². The van der Waals surface area contributed by atoms with E-state index >= 15 is 0 Å². The van der Waals surface area contributed by atoms with Crippen molar-refractivity contribution in [2.24, 2.45) is 0 Å². The smallest absolute Gasteiger partial charge is 0.321 e. The molecule has 1 saturated carbocycles. The number of hydrogen-bond acceptors (Lipinski definition) is 2. The highest BCUT2D eigenvalue weighted by molar-refractivity contribution is 6.31. The normalized spacial score (nSPS) is 14.2. The van der Waals surface area contributed by atoms with E-state index in [0.717, 1.165) is 18.9 Å². The molecule has 2 N–H and O–H groups in total. The van der Waals surface area contributed by atoms with E-state index in [1.807, 2.05) is 0 Å². The number of nitrogens with one attached hydrogen (secondary N) is 2. The molecule has 1 aliphatic rings. The van der Waals surface area contributed by atoms with Crippen LogP contribution in [0.25, 0.3) is 0 Å². The van der Waals surface area contributed by atoms with Gasteiger partial charge in [0.05, 0.1) is 5.02 Å². The predicted molar refractivity (Wildman–Crippen MR) is 60.4 cm³/mol. The lowest BCUT2D eigenvalue weighted by molar-refractivity contribution is 0.0964. The average Bonchev–Trinajstić information content (AvgIpc) is 3.05. The zero-order valence-electron chi connectivity index (χ0n) is 8.80. The highest BCUT2D eigenvalue weighted by Crippen LogP contribution is 2.18. The largest absolute Gasteiger partial charge is 0.335 e. The monoisotopic (exact) mass is 256 g/mol. The molecule has 0 spiro atoms. The van der Waals surface area contributed by atoms with Gasteiger partial charge in [-0.05, 0) is 31.0 Å². The first-order valence-electron chi connectivity index (χ1n) is 5.13. The Morgan fingerprint density at radius 2 is 2.06 bits per heavy atom. The fourth-order valence-corrected chi connectivity index (χ4v) is 1.44. The molecule has 0 aliphatic heterocycles. The summed E-state index contributed by atoms with van der Waals surface area (Å²) in [5.41, 5.74) is 0.141. The first-order valence-corrected chi connectivity index (χ1v) is 5.51. The van der Waals surface area contributed by atoms with Crippen LogP contribution in [0.5, 0.6) is 0 Å². The van der Waals surface area contributed by atoms with Crippen LogP contribution < -0.4 is 10.6 Å². The lowest BCUT2D eigenvalue weighted by atomic mass is 10.2. The molecule has 6 heteroatoms. The van der Waals surface area contributed by atoms with Gasteiger partial charge in [-0.1, -0.05) is 11.6 Å². The number of halogens is 2. The lowest BCUT2D eigenvalue weighted by Crippen LogP contribution is -2.40. The predicted octanol–water partition coefficient (Wildman–Crippen LogP) is 2.08. The minimum Gasteiger partial charge on any atom is -0.335 e. The second kappa shape index (κ2) is 4.71. The Labute approximate surface area is 102 Å². The van der Waals surface area contributed by atoms with E-state index in [1.54, 1.807) is 0 Å². The van der Waals surface area contributed by atoms with Crippen molar-refractivity contribution in [3.8, 4) is 0 Å². The minimum atomic E-state index is -0.606. The molecule has 0 heterocycles. The van der Waals surface area contributed by atoms with E-state index < -0.39 is 17.8 Å². The standard InChI is InChI=1S/C11H10ClFN2O2/c12-8-5-6(1-4-9(8)13)10(16)15-11(17)14-7-2-3-7/h1,4-5,7H,2-3H2,(H2,14,15,16,17). The Balaban J connectivity index is 1.98. The quantitative estimate of drug-likeness (QED) is 0.851. The van der Waals surface area contributed by atoms with Crippen molar-refractivity contribution in [2.75, 3.05) is 0 Å². The summed E-state index contributed by atoms with van der Waals surface area (Å²) >= 11 is 5.53. The minimum absolute atomic E-state index is 0.141. The van der Waals surface area contributed by atoms with Crippen LogP contribution in [0, 0.1) is 5.82 Å². The van der Waals surface area contributed by atoms with Gasteiger partial charge in [-0.2, -0.15) is 0 Å². The molecule has 0 atom stereocenters. The number of carbonyl (C=O) groups excluding carboxylic acids is 2. The number of urea groups is 1. The maximum atomic E-state index is 12.9. The van der Waals surface area contributed by atoms with Crippen molar-refractivity contribution in [2.45, 2.75) is 18.9 Å². The number of rotatable bonds is 2. The molecular formula is C11H10ClFN2O2. The van der Waals surface area contributed by atoms with E-state index in [-0.39, 0.29) is 16.6 Å². The summed E-state index contributed by atoms with van der Waals surface area (Å²) in [6.45, 7) is 0. The molecule has 1 fully saturated rings. The van der Waals surface area contributed by atoms with Gasteiger partial charge in [0.1, 0.15) is 5.82 Å². The van der Waals surface area contributed by atoms with Crippen LogP contribution in [-0.4, -0.2) is 18.0 Å². The summed E-state index contributed by atoms with van der Waals surface area (Å²) in [6, 6.07) is 3.14. The van der Waals surface area contributed by atoms with Crippen molar-refractivity contribution >= 4 is 23.5 Å². The molecule has 90 valence electrons. The molecule has 3 amide bonds. The van der Waals surface area contributed by atoms with Gasteiger partial charge in [-0.15, -0.1) is 0 Å². The maximum absolute atomic E-state index is 12.9. The van der Waals surface area contributed by atoms with Gasteiger partial charge in [0, 0.05) is 11.6 Å².